The van der Waals surface area contributed by atoms with E-state index in [9.17, 15) is 9.59 Å². The summed E-state index contributed by atoms with van der Waals surface area (Å²) in [5.74, 6) is 0.266. The zero-order valence-electron chi connectivity index (χ0n) is 23.4. The third-order valence-electron chi connectivity index (χ3n) is 7.28. The zero-order valence-corrected chi connectivity index (χ0v) is 23.4. The summed E-state index contributed by atoms with van der Waals surface area (Å²) < 4.78 is 2.14. The normalized spacial score (nSPS) is 16.0. The topological polar surface area (TPSA) is 83.4 Å². The highest BCUT2D eigenvalue weighted by atomic mass is 16.2. The molecule has 1 saturated heterocycles. The number of pyridine rings is 1. The van der Waals surface area contributed by atoms with E-state index in [1.165, 1.54) is 0 Å². The van der Waals surface area contributed by atoms with Gasteiger partial charge in [-0.25, -0.2) is 4.98 Å². The Morgan fingerprint density at radius 2 is 1.90 bits per heavy atom. The number of fused-ring (bicyclic) bond motifs is 1. The van der Waals surface area contributed by atoms with Gasteiger partial charge in [-0.2, -0.15) is 0 Å². The molecule has 1 aliphatic rings. The summed E-state index contributed by atoms with van der Waals surface area (Å²) >= 11 is 0. The first-order valence-corrected chi connectivity index (χ1v) is 13.8. The van der Waals surface area contributed by atoms with Crippen LogP contribution >= 0.6 is 0 Å². The molecule has 40 heavy (non-hydrogen) atoms. The number of para-hydroxylation sites is 1. The molecule has 2 amide bonds. The molecule has 1 unspecified atom stereocenters. The molecule has 1 N–H and O–H groups in total. The first kappa shape index (κ1) is 27.3. The molecule has 0 spiro atoms. The van der Waals surface area contributed by atoms with E-state index in [4.69, 9.17) is 4.98 Å². The number of rotatable bonds is 7. The second kappa shape index (κ2) is 12.3. The van der Waals surface area contributed by atoms with Crippen LogP contribution in [0.5, 0.6) is 0 Å². The molecule has 3 heterocycles. The Hall–Kier alpha value is -4.30. The van der Waals surface area contributed by atoms with Crippen molar-refractivity contribution in [1.82, 2.24) is 24.3 Å². The van der Waals surface area contributed by atoms with Crippen LogP contribution in [0.15, 0.2) is 79.0 Å². The maximum Gasteiger partial charge on any atom is 0.258 e. The lowest BCUT2D eigenvalue weighted by atomic mass is 10.1. The van der Waals surface area contributed by atoms with Crippen molar-refractivity contribution in [3.8, 4) is 11.3 Å². The Labute approximate surface area is 235 Å². The number of aromatic nitrogens is 3. The molecular formula is C32H36N6O2. The predicted molar refractivity (Wildman–Crippen MR) is 159 cm³/mol. The molecule has 0 bridgehead atoms. The van der Waals surface area contributed by atoms with Crippen LogP contribution in [0.2, 0.25) is 0 Å². The maximum atomic E-state index is 13.5. The largest absolute Gasteiger partial charge is 0.337 e. The fourth-order valence-corrected chi connectivity index (χ4v) is 5.28. The second-order valence-electron chi connectivity index (χ2n) is 10.6. The number of nitrogens with zero attached hydrogens (tertiary/aromatic N) is 5. The fourth-order valence-electron chi connectivity index (χ4n) is 5.28. The van der Waals surface area contributed by atoms with Crippen molar-refractivity contribution < 1.29 is 9.59 Å². The molecule has 8 nitrogen and oxygen atoms in total. The zero-order chi connectivity index (χ0) is 28.1. The van der Waals surface area contributed by atoms with Crippen LogP contribution in [-0.2, 0) is 4.79 Å². The number of amides is 2. The lowest BCUT2D eigenvalue weighted by Crippen LogP contribution is -2.35. The molecule has 0 saturated carbocycles. The van der Waals surface area contributed by atoms with Crippen molar-refractivity contribution in [3.63, 3.8) is 0 Å². The van der Waals surface area contributed by atoms with E-state index in [0.29, 0.717) is 31.1 Å². The van der Waals surface area contributed by atoms with Gasteiger partial charge < -0.3 is 14.4 Å². The number of benzene rings is 2. The van der Waals surface area contributed by atoms with Crippen LogP contribution in [0.1, 0.15) is 41.2 Å². The molecule has 2 aromatic carbocycles. The first-order chi connectivity index (χ1) is 19.4. The van der Waals surface area contributed by atoms with E-state index in [1.807, 2.05) is 72.4 Å². The molecule has 206 valence electrons. The van der Waals surface area contributed by atoms with Crippen molar-refractivity contribution in [2.75, 3.05) is 39.0 Å². The smallest absolute Gasteiger partial charge is 0.258 e. The van der Waals surface area contributed by atoms with Crippen LogP contribution < -0.4 is 5.32 Å². The van der Waals surface area contributed by atoms with Gasteiger partial charge in [0.15, 0.2) is 0 Å². The lowest BCUT2D eigenvalue weighted by molar-refractivity contribution is -0.126. The molecule has 5 rings (SSSR count). The first-order valence-electron chi connectivity index (χ1n) is 13.8. The highest BCUT2D eigenvalue weighted by molar-refractivity contribution is 6.04. The lowest BCUT2D eigenvalue weighted by Gasteiger charge is -2.26. The van der Waals surface area contributed by atoms with Crippen LogP contribution in [0, 0.1) is 6.92 Å². The average molecular weight is 537 g/mol. The van der Waals surface area contributed by atoms with E-state index < -0.39 is 0 Å². The Morgan fingerprint density at radius 3 is 2.70 bits per heavy atom. The summed E-state index contributed by atoms with van der Waals surface area (Å²) in [5.41, 5.74) is 5.07. The number of carbonyl (C=O) groups is 2. The minimum absolute atomic E-state index is 0.0192. The van der Waals surface area contributed by atoms with Gasteiger partial charge in [-0.05, 0) is 64.0 Å². The van der Waals surface area contributed by atoms with Crippen LogP contribution in [0.3, 0.4) is 0 Å². The summed E-state index contributed by atoms with van der Waals surface area (Å²) in [6, 6.07) is 19.3. The number of likely N-dealkylation sites (tertiary alicyclic amines) is 1. The van der Waals surface area contributed by atoms with E-state index in [-0.39, 0.29) is 17.9 Å². The molecule has 1 fully saturated rings. The number of hydrogen-bond acceptors (Lipinski definition) is 5. The number of nitrogens with one attached hydrogen (secondary N) is 1. The molecule has 2 aromatic heterocycles. The molecule has 8 heteroatoms. The van der Waals surface area contributed by atoms with Gasteiger partial charge in [0.05, 0.1) is 22.8 Å². The van der Waals surface area contributed by atoms with E-state index >= 15 is 0 Å². The summed E-state index contributed by atoms with van der Waals surface area (Å²) in [5, 5.41) is 3.09. The van der Waals surface area contributed by atoms with Crippen LogP contribution in [-0.4, -0.2) is 69.9 Å². The fraction of sp³-hybridized carbons (Fsp3) is 0.312. The number of anilines is 1. The Bertz CT molecular complexity index is 1530. The Kier molecular flexibility index (Phi) is 8.36. The number of aryl methyl sites for hydroxylation is 1. The number of imidazole rings is 1. The SMILES string of the molecule is Cc1cccc2nc(NC(=O)c3ccnc(-c4ccccc4)c3)n(C3CCCCN(C(=O)/C=C/CN(C)C)C3)c12. The standard InChI is InChI=1S/C32H36N6O2/c1-23-11-9-15-27-30(23)38(26-14-7-8-20-37(22-26)29(39)16-10-19-36(2)3)32(34-27)35-31(40)25-17-18-33-28(21-25)24-12-5-4-6-13-24/h4-6,9-13,15-18,21,26H,7-8,14,19-20,22H2,1-3H3,(H,34,35,40)/b16-10+. The monoisotopic (exact) mass is 536 g/mol. The summed E-state index contributed by atoms with van der Waals surface area (Å²) in [6.07, 6.45) is 8.05. The molecule has 4 aromatic rings. The van der Waals surface area contributed by atoms with Gasteiger partial charge in [-0.1, -0.05) is 48.5 Å². The van der Waals surface area contributed by atoms with Crippen molar-refractivity contribution in [3.05, 3.63) is 90.1 Å². The molecule has 1 aliphatic heterocycles. The highest BCUT2D eigenvalue weighted by Crippen LogP contribution is 2.32. The Morgan fingerprint density at radius 1 is 1.07 bits per heavy atom. The van der Waals surface area contributed by atoms with Gasteiger partial charge >= 0.3 is 0 Å². The third kappa shape index (κ3) is 6.13. The number of carbonyl (C=O) groups excluding carboxylic acids is 2. The minimum Gasteiger partial charge on any atom is -0.337 e. The van der Waals surface area contributed by atoms with Gasteiger partial charge in [-0.3, -0.25) is 19.9 Å². The summed E-state index contributed by atoms with van der Waals surface area (Å²) in [7, 11) is 3.96. The van der Waals surface area contributed by atoms with E-state index in [0.717, 1.165) is 47.1 Å². The molecule has 0 aliphatic carbocycles. The molecule has 1 atom stereocenters. The summed E-state index contributed by atoms with van der Waals surface area (Å²) in [6.45, 7) is 4.05. The van der Waals surface area contributed by atoms with E-state index in [2.05, 4.69) is 27.9 Å². The van der Waals surface area contributed by atoms with Crippen molar-refractivity contribution >= 4 is 28.8 Å². The highest BCUT2D eigenvalue weighted by Gasteiger charge is 2.27. The van der Waals surface area contributed by atoms with Gasteiger partial charge in [0.1, 0.15) is 0 Å². The second-order valence-corrected chi connectivity index (χ2v) is 10.6. The third-order valence-corrected chi connectivity index (χ3v) is 7.28. The van der Waals surface area contributed by atoms with E-state index in [1.54, 1.807) is 24.4 Å². The maximum absolute atomic E-state index is 13.5. The minimum atomic E-state index is -0.248. The van der Waals surface area contributed by atoms with Crippen molar-refractivity contribution in [1.29, 1.82) is 0 Å². The van der Waals surface area contributed by atoms with Gasteiger partial charge in [-0.15, -0.1) is 0 Å². The Balaban J connectivity index is 1.46. The average Bonchev–Trinajstić information content (AvgIpc) is 3.15. The van der Waals surface area contributed by atoms with Gasteiger partial charge in [0.2, 0.25) is 11.9 Å². The quantitative estimate of drug-likeness (QED) is 0.323. The summed E-state index contributed by atoms with van der Waals surface area (Å²) in [4.78, 5) is 39.9. The number of hydrogen-bond donors (Lipinski definition) is 1. The van der Waals surface area contributed by atoms with Crippen molar-refractivity contribution in [2.45, 2.75) is 32.2 Å². The van der Waals surface area contributed by atoms with Gasteiger partial charge in [0.25, 0.3) is 5.91 Å². The van der Waals surface area contributed by atoms with Crippen LogP contribution in [0.4, 0.5) is 5.95 Å². The molecular weight excluding hydrogens is 500 g/mol. The van der Waals surface area contributed by atoms with Gasteiger partial charge in [0, 0.05) is 43.0 Å². The van der Waals surface area contributed by atoms with Crippen molar-refractivity contribution in [2.24, 2.45) is 0 Å². The predicted octanol–water partition coefficient (Wildman–Crippen LogP) is 5.33. The number of likely N-dealkylation sites (N-methyl/N-ethyl adjacent to an activating group) is 1. The van der Waals surface area contributed by atoms with Crippen LogP contribution in [0.25, 0.3) is 22.3 Å². The molecule has 0 radical (unpaired) electrons.